The predicted octanol–water partition coefficient (Wildman–Crippen LogP) is 2.18. The lowest BCUT2D eigenvalue weighted by Gasteiger charge is -2.10. The number of hydrogen-bond acceptors (Lipinski definition) is 4. The molecule has 20 heavy (non-hydrogen) atoms. The molecule has 0 aliphatic carbocycles. The van der Waals surface area contributed by atoms with Crippen LogP contribution in [0.3, 0.4) is 0 Å². The van der Waals surface area contributed by atoms with Crippen LogP contribution < -0.4 is 16.8 Å². The van der Waals surface area contributed by atoms with E-state index in [1.165, 1.54) is 6.07 Å². The van der Waals surface area contributed by atoms with Crippen LogP contribution in [0.1, 0.15) is 15.9 Å². The van der Waals surface area contributed by atoms with E-state index < -0.39 is 5.91 Å². The normalized spacial score (nSPS) is 9.75. The average Bonchev–Trinajstić information content (AvgIpc) is 2.43. The molecule has 0 spiro atoms. The zero-order valence-electron chi connectivity index (χ0n) is 10.8. The summed E-state index contributed by atoms with van der Waals surface area (Å²) in [5, 5.41) is 11.8. The van der Waals surface area contributed by atoms with Crippen LogP contribution in [0.15, 0.2) is 42.5 Å². The van der Waals surface area contributed by atoms with Crippen LogP contribution in [0.2, 0.25) is 0 Å². The van der Waals surface area contributed by atoms with Crippen molar-refractivity contribution in [1.82, 2.24) is 0 Å². The summed E-state index contributed by atoms with van der Waals surface area (Å²) >= 11 is 0. The standard InChI is InChI=1S/C15H14N4O/c16-8-7-10-1-4-12(5-2-10)19-14-6-3-11(15(18)20)9-13(14)17/h1-6,9,19H,7,17H2,(H2,18,20). The SMILES string of the molecule is N#CCc1ccc(Nc2ccc(C(N)=O)cc2N)cc1. The van der Waals surface area contributed by atoms with Gasteiger partial charge in [0.05, 0.1) is 23.9 Å². The van der Waals surface area contributed by atoms with Crippen LogP contribution in [0, 0.1) is 11.3 Å². The molecule has 5 heteroatoms. The minimum Gasteiger partial charge on any atom is -0.397 e. The molecule has 0 atom stereocenters. The van der Waals surface area contributed by atoms with Crippen molar-refractivity contribution in [3.05, 3.63) is 53.6 Å². The molecule has 0 heterocycles. The molecule has 0 aliphatic rings. The maximum absolute atomic E-state index is 11.0. The Hall–Kier alpha value is -3.00. The minimum absolute atomic E-state index is 0.373. The van der Waals surface area contributed by atoms with Crippen LogP contribution >= 0.6 is 0 Å². The molecule has 2 aromatic carbocycles. The Morgan fingerprint density at radius 1 is 1.20 bits per heavy atom. The fourth-order valence-electron chi connectivity index (χ4n) is 1.78. The molecule has 100 valence electrons. The highest BCUT2D eigenvalue weighted by Gasteiger charge is 2.05. The number of carbonyl (C=O) groups is 1. The number of nitriles is 1. The minimum atomic E-state index is -0.510. The molecule has 5 N–H and O–H groups in total. The van der Waals surface area contributed by atoms with Gasteiger partial charge in [-0.25, -0.2) is 0 Å². The van der Waals surface area contributed by atoms with E-state index in [-0.39, 0.29) is 0 Å². The van der Waals surface area contributed by atoms with Crippen molar-refractivity contribution in [3.8, 4) is 6.07 Å². The molecule has 0 unspecified atom stereocenters. The van der Waals surface area contributed by atoms with E-state index in [4.69, 9.17) is 16.7 Å². The van der Waals surface area contributed by atoms with Gasteiger partial charge in [0.25, 0.3) is 0 Å². The number of nitrogens with two attached hydrogens (primary N) is 2. The van der Waals surface area contributed by atoms with Crippen LogP contribution in [-0.2, 0) is 6.42 Å². The van der Waals surface area contributed by atoms with E-state index in [1.54, 1.807) is 12.1 Å². The number of hydrogen-bond donors (Lipinski definition) is 3. The molecular formula is C15H14N4O. The summed E-state index contributed by atoms with van der Waals surface area (Å²) in [7, 11) is 0. The Bertz CT molecular complexity index is 671. The van der Waals surface area contributed by atoms with Gasteiger partial charge >= 0.3 is 0 Å². The van der Waals surface area contributed by atoms with E-state index in [0.29, 0.717) is 23.4 Å². The van der Waals surface area contributed by atoms with Gasteiger partial charge in [0.15, 0.2) is 0 Å². The predicted molar refractivity (Wildman–Crippen MR) is 78.4 cm³/mol. The van der Waals surface area contributed by atoms with Crippen molar-refractivity contribution in [2.75, 3.05) is 11.1 Å². The second kappa shape index (κ2) is 5.76. The highest BCUT2D eigenvalue weighted by molar-refractivity contribution is 5.95. The number of amides is 1. The Morgan fingerprint density at radius 2 is 1.90 bits per heavy atom. The molecule has 1 amide bonds. The molecule has 0 aliphatic heterocycles. The number of benzene rings is 2. The van der Waals surface area contributed by atoms with Gasteiger partial charge in [-0.2, -0.15) is 5.26 Å². The van der Waals surface area contributed by atoms with Gasteiger partial charge in [0.2, 0.25) is 5.91 Å². The van der Waals surface area contributed by atoms with Crippen LogP contribution in [0.5, 0.6) is 0 Å². The lowest BCUT2D eigenvalue weighted by molar-refractivity contribution is 0.100. The summed E-state index contributed by atoms with van der Waals surface area (Å²) in [6.07, 6.45) is 0.385. The Morgan fingerprint density at radius 3 is 2.45 bits per heavy atom. The number of rotatable bonds is 4. The van der Waals surface area contributed by atoms with Crippen LogP contribution in [0.25, 0.3) is 0 Å². The van der Waals surface area contributed by atoms with E-state index in [2.05, 4.69) is 11.4 Å². The molecule has 5 nitrogen and oxygen atoms in total. The van der Waals surface area contributed by atoms with Gasteiger partial charge in [-0.1, -0.05) is 12.1 Å². The first-order valence-electron chi connectivity index (χ1n) is 6.02. The Balaban J connectivity index is 2.17. The van der Waals surface area contributed by atoms with Gasteiger partial charge < -0.3 is 16.8 Å². The summed E-state index contributed by atoms with van der Waals surface area (Å²) in [4.78, 5) is 11.0. The third-order valence-corrected chi connectivity index (χ3v) is 2.85. The molecule has 2 rings (SSSR count). The molecular weight excluding hydrogens is 252 g/mol. The maximum atomic E-state index is 11.0. The number of primary amides is 1. The number of nitrogens with zero attached hydrogens (tertiary/aromatic N) is 1. The van der Waals surface area contributed by atoms with Crippen molar-refractivity contribution in [3.63, 3.8) is 0 Å². The monoisotopic (exact) mass is 266 g/mol. The third-order valence-electron chi connectivity index (χ3n) is 2.85. The topological polar surface area (TPSA) is 105 Å². The van der Waals surface area contributed by atoms with E-state index >= 15 is 0 Å². The summed E-state index contributed by atoms with van der Waals surface area (Å²) in [6, 6.07) is 14.4. The smallest absolute Gasteiger partial charge is 0.248 e. The molecule has 0 fully saturated rings. The van der Waals surface area contributed by atoms with Gasteiger partial charge in [0, 0.05) is 11.3 Å². The number of anilines is 3. The summed E-state index contributed by atoms with van der Waals surface area (Å²) in [5.74, 6) is -0.510. The fraction of sp³-hybridized carbons (Fsp3) is 0.0667. The third kappa shape index (κ3) is 3.06. The molecule has 2 aromatic rings. The molecule has 0 radical (unpaired) electrons. The lowest BCUT2D eigenvalue weighted by atomic mass is 10.1. The molecule has 0 saturated carbocycles. The number of carbonyl (C=O) groups excluding carboxylic acids is 1. The van der Waals surface area contributed by atoms with Crippen molar-refractivity contribution in [2.45, 2.75) is 6.42 Å². The van der Waals surface area contributed by atoms with Crippen LogP contribution in [0.4, 0.5) is 17.1 Å². The van der Waals surface area contributed by atoms with Crippen molar-refractivity contribution in [1.29, 1.82) is 5.26 Å². The second-order valence-electron chi connectivity index (χ2n) is 4.32. The summed E-state index contributed by atoms with van der Waals surface area (Å²) in [5.41, 5.74) is 14.4. The average molecular weight is 266 g/mol. The fourth-order valence-corrected chi connectivity index (χ4v) is 1.78. The van der Waals surface area contributed by atoms with E-state index in [0.717, 1.165) is 11.3 Å². The van der Waals surface area contributed by atoms with Crippen molar-refractivity contribution < 1.29 is 4.79 Å². The van der Waals surface area contributed by atoms with Gasteiger partial charge in [0.1, 0.15) is 0 Å². The largest absolute Gasteiger partial charge is 0.397 e. The summed E-state index contributed by atoms with van der Waals surface area (Å²) < 4.78 is 0. The van der Waals surface area contributed by atoms with Crippen molar-refractivity contribution in [2.24, 2.45) is 5.73 Å². The van der Waals surface area contributed by atoms with E-state index in [1.807, 2.05) is 24.3 Å². The van der Waals surface area contributed by atoms with Crippen LogP contribution in [-0.4, -0.2) is 5.91 Å². The molecule has 0 saturated heterocycles. The summed E-state index contributed by atoms with van der Waals surface area (Å²) in [6.45, 7) is 0. The Labute approximate surface area is 116 Å². The highest BCUT2D eigenvalue weighted by Crippen LogP contribution is 2.24. The van der Waals surface area contributed by atoms with Gasteiger partial charge in [-0.05, 0) is 35.9 Å². The first kappa shape index (κ1) is 13.4. The number of nitrogen functional groups attached to an aromatic ring is 1. The van der Waals surface area contributed by atoms with Gasteiger partial charge in [-0.15, -0.1) is 0 Å². The second-order valence-corrected chi connectivity index (χ2v) is 4.32. The quantitative estimate of drug-likeness (QED) is 0.737. The Kier molecular flexibility index (Phi) is 3.87. The maximum Gasteiger partial charge on any atom is 0.248 e. The van der Waals surface area contributed by atoms with E-state index in [9.17, 15) is 4.79 Å². The first-order chi connectivity index (χ1) is 9.60. The van der Waals surface area contributed by atoms with Gasteiger partial charge in [-0.3, -0.25) is 4.79 Å². The molecule has 0 aromatic heterocycles. The first-order valence-corrected chi connectivity index (χ1v) is 6.02. The van der Waals surface area contributed by atoms with Crippen molar-refractivity contribution >= 4 is 23.0 Å². The zero-order valence-corrected chi connectivity index (χ0v) is 10.8. The molecule has 0 bridgehead atoms. The zero-order chi connectivity index (χ0) is 14.5. The number of nitrogens with one attached hydrogen (secondary N) is 1. The highest BCUT2D eigenvalue weighted by atomic mass is 16.1. The lowest BCUT2D eigenvalue weighted by Crippen LogP contribution is -2.11.